The molecule has 3 heterocycles. The van der Waals surface area contributed by atoms with Crippen LogP contribution in [0, 0.1) is 0 Å². The van der Waals surface area contributed by atoms with Crippen LogP contribution >= 0.6 is 0 Å². The van der Waals surface area contributed by atoms with Gasteiger partial charge in [0, 0.05) is 37.5 Å². The summed E-state index contributed by atoms with van der Waals surface area (Å²) in [5.74, 6) is 2.68. The maximum atomic E-state index is 5.39. The predicted molar refractivity (Wildman–Crippen MR) is 109 cm³/mol. The van der Waals surface area contributed by atoms with Crippen molar-refractivity contribution in [2.45, 2.75) is 26.4 Å². The minimum Gasteiger partial charge on any atom is -0.497 e. The van der Waals surface area contributed by atoms with Crippen molar-refractivity contribution in [1.82, 2.24) is 24.9 Å². The van der Waals surface area contributed by atoms with E-state index in [0.717, 1.165) is 34.8 Å². The minimum absolute atomic E-state index is 0.455. The van der Waals surface area contributed by atoms with E-state index >= 15 is 0 Å². The molecule has 8 heteroatoms. The number of benzene rings is 1. The predicted octanol–water partition coefficient (Wildman–Crippen LogP) is 3.56. The fraction of sp³-hybridized carbons (Fsp3) is 0.238. The van der Waals surface area contributed by atoms with Crippen LogP contribution in [-0.2, 0) is 19.5 Å². The van der Waals surface area contributed by atoms with Gasteiger partial charge in [-0.1, -0.05) is 17.3 Å². The number of methoxy groups -OCH3 is 1. The van der Waals surface area contributed by atoms with Gasteiger partial charge in [0.25, 0.3) is 5.89 Å². The summed E-state index contributed by atoms with van der Waals surface area (Å²) >= 11 is 0. The van der Waals surface area contributed by atoms with Gasteiger partial charge in [0.1, 0.15) is 11.6 Å². The standard InChI is InChI=1S/C21H22N6O2/c1-3-27-14-16(12-24-27)11-22-19-9-6-17(13-23-19)21-25-20(26-29-21)10-15-4-7-18(28-2)8-5-15/h4-9,12-14H,3,10-11H2,1-2H3,(H,22,23). The normalized spacial score (nSPS) is 10.8. The highest BCUT2D eigenvalue weighted by Crippen LogP contribution is 2.20. The summed E-state index contributed by atoms with van der Waals surface area (Å²) in [7, 11) is 1.65. The SMILES string of the molecule is CCn1cc(CNc2ccc(-c3nc(Cc4ccc(OC)cc4)no3)cn2)cn1. The second kappa shape index (κ2) is 8.55. The summed E-state index contributed by atoms with van der Waals surface area (Å²) in [5, 5.41) is 11.6. The maximum absolute atomic E-state index is 5.39. The number of anilines is 1. The zero-order valence-electron chi connectivity index (χ0n) is 16.4. The Morgan fingerprint density at radius 3 is 2.62 bits per heavy atom. The molecule has 0 fully saturated rings. The molecule has 148 valence electrons. The molecule has 0 amide bonds. The molecular formula is C21H22N6O2. The van der Waals surface area contributed by atoms with Crippen LogP contribution in [-0.4, -0.2) is 32.0 Å². The molecule has 0 saturated carbocycles. The van der Waals surface area contributed by atoms with Crippen molar-refractivity contribution in [2.24, 2.45) is 0 Å². The topological polar surface area (TPSA) is 90.9 Å². The van der Waals surface area contributed by atoms with Gasteiger partial charge in [0.05, 0.1) is 18.9 Å². The number of nitrogens with zero attached hydrogens (tertiary/aromatic N) is 5. The Hall–Kier alpha value is -3.68. The second-order valence-electron chi connectivity index (χ2n) is 6.53. The van der Waals surface area contributed by atoms with Crippen LogP contribution < -0.4 is 10.1 Å². The summed E-state index contributed by atoms with van der Waals surface area (Å²) in [4.78, 5) is 8.90. The number of nitrogens with one attached hydrogen (secondary N) is 1. The first-order chi connectivity index (χ1) is 14.2. The average molecular weight is 390 g/mol. The molecule has 0 spiro atoms. The van der Waals surface area contributed by atoms with Gasteiger partial charge in [-0.3, -0.25) is 4.68 Å². The molecule has 1 aromatic carbocycles. The van der Waals surface area contributed by atoms with E-state index in [1.807, 2.05) is 53.5 Å². The Labute approximate surface area is 168 Å². The van der Waals surface area contributed by atoms with E-state index in [1.54, 1.807) is 13.3 Å². The smallest absolute Gasteiger partial charge is 0.259 e. The highest BCUT2D eigenvalue weighted by Gasteiger charge is 2.10. The van der Waals surface area contributed by atoms with Crippen molar-refractivity contribution in [3.63, 3.8) is 0 Å². The molecule has 0 bridgehead atoms. The molecule has 0 radical (unpaired) electrons. The molecule has 4 rings (SSSR count). The third kappa shape index (κ3) is 4.60. The third-order valence-electron chi connectivity index (χ3n) is 4.48. The van der Waals surface area contributed by atoms with Gasteiger partial charge in [-0.15, -0.1) is 0 Å². The molecule has 0 saturated heterocycles. The Morgan fingerprint density at radius 1 is 1.07 bits per heavy atom. The van der Waals surface area contributed by atoms with Crippen molar-refractivity contribution >= 4 is 5.82 Å². The molecule has 29 heavy (non-hydrogen) atoms. The molecular weight excluding hydrogens is 368 g/mol. The van der Waals surface area contributed by atoms with Gasteiger partial charge in [0.15, 0.2) is 5.82 Å². The lowest BCUT2D eigenvalue weighted by molar-refractivity contribution is 0.414. The summed E-state index contributed by atoms with van der Waals surface area (Å²) in [6.07, 6.45) is 6.19. The quantitative estimate of drug-likeness (QED) is 0.492. The van der Waals surface area contributed by atoms with Crippen LogP contribution in [0.5, 0.6) is 5.75 Å². The zero-order valence-corrected chi connectivity index (χ0v) is 16.4. The van der Waals surface area contributed by atoms with E-state index in [0.29, 0.717) is 24.7 Å². The molecule has 0 aliphatic rings. The van der Waals surface area contributed by atoms with Crippen molar-refractivity contribution in [3.05, 3.63) is 71.9 Å². The number of rotatable bonds is 8. The van der Waals surface area contributed by atoms with Crippen LogP contribution in [0.3, 0.4) is 0 Å². The fourth-order valence-corrected chi connectivity index (χ4v) is 2.86. The second-order valence-corrected chi connectivity index (χ2v) is 6.53. The maximum Gasteiger partial charge on any atom is 0.259 e. The molecule has 0 aliphatic heterocycles. The Balaban J connectivity index is 1.37. The van der Waals surface area contributed by atoms with Crippen LogP contribution in [0.1, 0.15) is 23.9 Å². The van der Waals surface area contributed by atoms with Gasteiger partial charge in [-0.2, -0.15) is 10.1 Å². The lowest BCUT2D eigenvalue weighted by Crippen LogP contribution is -2.00. The van der Waals surface area contributed by atoms with Crippen LogP contribution in [0.15, 0.2) is 59.5 Å². The van der Waals surface area contributed by atoms with E-state index < -0.39 is 0 Å². The minimum atomic E-state index is 0.455. The molecule has 3 aromatic heterocycles. The zero-order chi connectivity index (χ0) is 20.1. The van der Waals surface area contributed by atoms with E-state index in [2.05, 4.69) is 32.5 Å². The number of ether oxygens (including phenoxy) is 1. The molecule has 8 nitrogen and oxygen atoms in total. The van der Waals surface area contributed by atoms with Crippen LogP contribution in [0.25, 0.3) is 11.5 Å². The summed E-state index contributed by atoms with van der Waals surface area (Å²) < 4.78 is 12.5. The molecule has 0 atom stereocenters. The summed E-state index contributed by atoms with van der Waals surface area (Å²) in [6.45, 7) is 3.58. The van der Waals surface area contributed by atoms with Crippen molar-refractivity contribution in [2.75, 3.05) is 12.4 Å². The lowest BCUT2D eigenvalue weighted by atomic mass is 10.1. The monoisotopic (exact) mass is 390 g/mol. The van der Waals surface area contributed by atoms with Gasteiger partial charge >= 0.3 is 0 Å². The summed E-state index contributed by atoms with van der Waals surface area (Å²) in [5.41, 5.74) is 2.97. The molecule has 4 aromatic rings. The molecule has 1 N–H and O–H groups in total. The Kier molecular flexibility index (Phi) is 5.51. The highest BCUT2D eigenvalue weighted by molar-refractivity contribution is 5.54. The number of hydrogen-bond donors (Lipinski definition) is 1. The first-order valence-corrected chi connectivity index (χ1v) is 9.40. The fourth-order valence-electron chi connectivity index (χ4n) is 2.86. The first kappa shape index (κ1) is 18.7. The highest BCUT2D eigenvalue weighted by atomic mass is 16.5. The van der Waals surface area contributed by atoms with Gasteiger partial charge < -0.3 is 14.6 Å². The number of hydrogen-bond acceptors (Lipinski definition) is 7. The third-order valence-corrected chi connectivity index (χ3v) is 4.48. The number of aromatic nitrogens is 5. The van der Waals surface area contributed by atoms with Crippen molar-refractivity contribution < 1.29 is 9.26 Å². The van der Waals surface area contributed by atoms with Gasteiger partial charge in [0.2, 0.25) is 0 Å². The van der Waals surface area contributed by atoms with Crippen LogP contribution in [0.4, 0.5) is 5.82 Å². The van der Waals surface area contributed by atoms with Crippen LogP contribution in [0.2, 0.25) is 0 Å². The van der Waals surface area contributed by atoms with E-state index in [-0.39, 0.29) is 0 Å². The summed E-state index contributed by atoms with van der Waals surface area (Å²) in [6, 6.07) is 11.6. The number of pyridine rings is 1. The first-order valence-electron chi connectivity index (χ1n) is 9.40. The van der Waals surface area contributed by atoms with Gasteiger partial charge in [-0.05, 0) is 36.8 Å². The van der Waals surface area contributed by atoms with Crippen molar-refractivity contribution in [3.8, 4) is 17.2 Å². The Bertz CT molecular complexity index is 1050. The van der Waals surface area contributed by atoms with Gasteiger partial charge in [-0.25, -0.2) is 4.98 Å². The largest absolute Gasteiger partial charge is 0.497 e. The van der Waals surface area contributed by atoms with E-state index in [1.165, 1.54) is 0 Å². The number of aryl methyl sites for hydroxylation is 1. The van der Waals surface area contributed by atoms with E-state index in [9.17, 15) is 0 Å². The molecule has 0 unspecified atom stereocenters. The average Bonchev–Trinajstić information content (AvgIpc) is 3.43. The Morgan fingerprint density at radius 2 is 1.93 bits per heavy atom. The van der Waals surface area contributed by atoms with E-state index in [4.69, 9.17) is 9.26 Å². The van der Waals surface area contributed by atoms with Crippen molar-refractivity contribution in [1.29, 1.82) is 0 Å². The lowest BCUT2D eigenvalue weighted by Gasteiger charge is -2.03. The molecule has 0 aliphatic carbocycles.